The number of carbonyl (C=O) groups excluding carboxylic acids is 1. The van der Waals surface area contributed by atoms with E-state index in [2.05, 4.69) is 29.7 Å². The summed E-state index contributed by atoms with van der Waals surface area (Å²) in [5, 5.41) is 0. The largest absolute Gasteiger partial charge is 0.345 e. The van der Waals surface area contributed by atoms with Gasteiger partial charge in [0.2, 0.25) is 5.91 Å². The van der Waals surface area contributed by atoms with E-state index in [0.717, 1.165) is 29.7 Å². The first-order valence-electron chi connectivity index (χ1n) is 11.9. The fraction of sp³-hybridized carbons (Fsp3) is 0.393. The first-order chi connectivity index (χ1) is 15.7. The molecule has 1 aromatic heterocycles. The van der Waals surface area contributed by atoms with Crippen LogP contribution in [0.1, 0.15) is 68.7 Å². The number of halogens is 1. The van der Waals surface area contributed by atoms with Crippen molar-refractivity contribution in [2.24, 2.45) is 0 Å². The van der Waals surface area contributed by atoms with Crippen molar-refractivity contribution in [3.63, 3.8) is 0 Å². The molecule has 0 spiro atoms. The van der Waals surface area contributed by atoms with Gasteiger partial charge in [0.1, 0.15) is 5.82 Å². The molecule has 3 rings (SSSR count). The van der Waals surface area contributed by atoms with Crippen LogP contribution in [0.3, 0.4) is 0 Å². The van der Waals surface area contributed by atoms with Gasteiger partial charge < -0.3 is 9.47 Å². The van der Waals surface area contributed by atoms with Gasteiger partial charge in [0, 0.05) is 31.4 Å². The minimum Gasteiger partial charge on any atom is -0.345 e. The Bertz CT molecular complexity index is 934. The Hall–Kier alpha value is -2.88. The lowest BCUT2D eigenvalue weighted by atomic mass is 10.1. The van der Waals surface area contributed by atoms with Crippen LogP contribution in [-0.4, -0.2) is 15.4 Å². The number of rotatable bonds is 13. The van der Waals surface area contributed by atoms with Crippen molar-refractivity contribution in [1.82, 2.24) is 9.47 Å². The molecule has 1 heterocycles. The average molecular weight is 435 g/mol. The van der Waals surface area contributed by atoms with Crippen molar-refractivity contribution in [2.45, 2.75) is 71.5 Å². The monoisotopic (exact) mass is 434 g/mol. The lowest BCUT2D eigenvalue weighted by Crippen LogP contribution is -2.30. The van der Waals surface area contributed by atoms with Crippen LogP contribution >= 0.6 is 0 Å². The van der Waals surface area contributed by atoms with E-state index >= 15 is 0 Å². The Balaban J connectivity index is 1.65. The van der Waals surface area contributed by atoms with Gasteiger partial charge in [-0.2, -0.15) is 0 Å². The molecule has 0 radical (unpaired) electrons. The van der Waals surface area contributed by atoms with E-state index in [1.807, 2.05) is 47.5 Å². The second-order valence-electron chi connectivity index (χ2n) is 8.51. The van der Waals surface area contributed by atoms with Crippen LogP contribution in [0.4, 0.5) is 4.39 Å². The standard InChI is InChI=1S/C28H35FN2O/c1-2-3-4-5-6-10-15-28(32)31(22-24-12-8-7-9-13-24)23-27-14-11-20-30(27)21-25-16-18-26(29)19-17-25/h7-9,11-14,16-20H,2-6,10,15,21-23H2,1H3. The molecule has 170 valence electrons. The molecule has 0 fully saturated rings. The van der Waals surface area contributed by atoms with Gasteiger partial charge in [-0.15, -0.1) is 0 Å². The van der Waals surface area contributed by atoms with E-state index in [1.54, 1.807) is 0 Å². The third kappa shape index (κ3) is 7.67. The maximum Gasteiger partial charge on any atom is 0.223 e. The summed E-state index contributed by atoms with van der Waals surface area (Å²) in [6.45, 7) is 4.05. The third-order valence-electron chi connectivity index (χ3n) is 5.86. The van der Waals surface area contributed by atoms with Crippen LogP contribution in [0, 0.1) is 5.82 Å². The molecular weight excluding hydrogens is 399 g/mol. The lowest BCUT2D eigenvalue weighted by molar-refractivity contribution is -0.132. The highest BCUT2D eigenvalue weighted by atomic mass is 19.1. The van der Waals surface area contributed by atoms with Crippen LogP contribution in [0.5, 0.6) is 0 Å². The van der Waals surface area contributed by atoms with Crippen LogP contribution in [0.2, 0.25) is 0 Å². The molecule has 0 aliphatic rings. The van der Waals surface area contributed by atoms with Gasteiger partial charge in [-0.25, -0.2) is 4.39 Å². The van der Waals surface area contributed by atoms with Gasteiger partial charge in [-0.1, -0.05) is 81.5 Å². The predicted molar refractivity (Wildman–Crippen MR) is 129 cm³/mol. The highest BCUT2D eigenvalue weighted by Gasteiger charge is 2.16. The first kappa shape index (κ1) is 23.8. The highest BCUT2D eigenvalue weighted by Crippen LogP contribution is 2.16. The van der Waals surface area contributed by atoms with Crippen molar-refractivity contribution in [1.29, 1.82) is 0 Å². The number of benzene rings is 2. The van der Waals surface area contributed by atoms with Crippen LogP contribution in [0.25, 0.3) is 0 Å². The van der Waals surface area contributed by atoms with E-state index < -0.39 is 0 Å². The Morgan fingerprint density at radius 2 is 1.53 bits per heavy atom. The maximum absolute atomic E-state index is 13.3. The molecule has 3 aromatic rings. The molecular formula is C28H35FN2O. The molecule has 3 nitrogen and oxygen atoms in total. The van der Waals surface area contributed by atoms with Crippen molar-refractivity contribution < 1.29 is 9.18 Å². The number of carbonyl (C=O) groups is 1. The van der Waals surface area contributed by atoms with Gasteiger partial charge >= 0.3 is 0 Å². The number of nitrogens with zero attached hydrogens (tertiary/aromatic N) is 2. The van der Waals surface area contributed by atoms with Crippen molar-refractivity contribution in [3.8, 4) is 0 Å². The highest BCUT2D eigenvalue weighted by molar-refractivity contribution is 5.76. The summed E-state index contributed by atoms with van der Waals surface area (Å²) in [6.07, 6.45) is 9.67. The molecule has 2 aromatic carbocycles. The molecule has 0 aliphatic heterocycles. The van der Waals surface area contributed by atoms with E-state index in [-0.39, 0.29) is 11.7 Å². The van der Waals surface area contributed by atoms with Gasteiger partial charge in [-0.05, 0) is 41.8 Å². The third-order valence-corrected chi connectivity index (χ3v) is 5.86. The molecule has 4 heteroatoms. The zero-order valence-electron chi connectivity index (χ0n) is 19.2. The summed E-state index contributed by atoms with van der Waals surface area (Å²) in [4.78, 5) is 15.1. The molecule has 0 saturated carbocycles. The van der Waals surface area contributed by atoms with Crippen LogP contribution in [-0.2, 0) is 24.4 Å². The summed E-state index contributed by atoms with van der Waals surface area (Å²) in [7, 11) is 0. The predicted octanol–water partition coefficient (Wildman–Crippen LogP) is 6.95. The summed E-state index contributed by atoms with van der Waals surface area (Å²) < 4.78 is 15.4. The zero-order valence-corrected chi connectivity index (χ0v) is 19.2. The SMILES string of the molecule is CCCCCCCCC(=O)N(Cc1ccccc1)Cc1cccn1Cc1ccc(F)cc1. The van der Waals surface area contributed by atoms with Crippen LogP contribution < -0.4 is 0 Å². The van der Waals surface area contributed by atoms with Gasteiger partial charge in [-0.3, -0.25) is 4.79 Å². The second kappa shape index (κ2) is 12.8. The Labute approximate surface area is 191 Å². The fourth-order valence-electron chi connectivity index (χ4n) is 3.98. The number of unbranched alkanes of at least 4 members (excludes halogenated alkanes) is 5. The Morgan fingerprint density at radius 3 is 2.28 bits per heavy atom. The quantitative estimate of drug-likeness (QED) is 0.267. The van der Waals surface area contributed by atoms with Gasteiger partial charge in [0.05, 0.1) is 6.54 Å². The molecule has 0 unspecified atom stereocenters. The summed E-state index contributed by atoms with van der Waals surface area (Å²) in [6, 6.07) is 20.9. The molecule has 0 N–H and O–H groups in total. The second-order valence-corrected chi connectivity index (χ2v) is 8.51. The molecule has 0 atom stereocenters. The normalized spacial score (nSPS) is 10.9. The fourth-order valence-corrected chi connectivity index (χ4v) is 3.98. The number of amides is 1. The maximum atomic E-state index is 13.3. The van der Waals surface area contributed by atoms with Gasteiger partial charge in [0.25, 0.3) is 0 Å². The minimum atomic E-state index is -0.226. The molecule has 0 bridgehead atoms. The Kier molecular flexibility index (Phi) is 9.55. The average Bonchev–Trinajstić information content (AvgIpc) is 3.24. The van der Waals surface area contributed by atoms with E-state index in [9.17, 15) is 9.18 Å². The van der Waals surface area contributed by atoms with Crippen molar-refractivity contribution in [3.05, 3.63) is 95.6 Å². The minimum absolute atomic E-state index is 0.207. The van der Waals surface area contributed by atoms with Crippen molar-refractivity contribution >= 4 is 5.91 Å². The summed E-state index contributed by atoms with van der Waals surface area (Å²) in [5.41, 5.74) is 3.26. The molecule has 32 heavy (non-hydrogen) atoms. The van der Waals surface area contributed by atoms with E-state index in [1.165, 1.54) is 37.8 Å². The number of aromatic nitrogens is 1. The van der Waals surface area contributed by atoms with Crippen molar-refractivity contribution in [2.75, 3.05) is 0 Å². The molecule has 0 aliphatic carbocycles. The smallest absolute Gasteiger partial charge is 0.223 e. The van der Waals surface area contributed by atoms with E-state index in [4.69, 9.17) is 0 Å². The van der Waals surface area contributed by atoms with Crippen LogP contribution in [0.15, 0.2) is 72.9 Å². The summed E-state index contributed by atoms with van der Waals surface area (Å²) >= 11 is 0. The first-order valence-corrected chi connectivity index (χ1v) is 11.9. The topological polar surface area (TPSA) is 25.2 Å². The number of hydrogen-bond acceptors (Lipinski definition) is 1. The Morgan fingerprint density at radius 1 is 0.812 bits per heavy atom. The molecule has 0 saturated heterocycles. The van der Waals surface area contributed by atoms with E-state index in [0.29, 0.717) is 26.1 Å². The lowest BCUT2D eigenvalue weighted by Gasteiger charge is -2.24. The van der Waals surface area contributed by atoms with Gasteiger partial charge in [0.15, 0.2) is 0 Å². The summed E-state index contributed by atoms with van der Waals surface area (Å²) in [5.74, 6) is -0.0188. The molecule has 1 amide bonds. The number of hydrogen-bond donors (Lipinski definition) is 0. The zero-order chi connectivity index (χ0) is 22.6.